The van der Waals surface area contributed by atoms with E-state index >= 15 is 0 Å². The van der Waals surface area contributed by atoms with Crippen molar-refractivity contribution in [2.75, 3.05) is 18.6 Å². The van der Waals surface area contributed by atoms with Crippen molar-refractivity contribution in [3.8, 4) is 0 Å². The SMILES string of the molecule is CCOC(=O)CC(=O)N(C)c1ccc(Cl)cc1. The van der Waals surface area contributed by atoms with Gasteiger partial charge in [0.1, 0.15) is 6.42 Å². The summed E-state index contributed by atoms with van der Waals surface area (Å²) >= 11 is 5.74. The Kier molecular flexibility index (Phi) is 4.97. The monoisotopic (exact) mass is 255 g/mol. The van der Waals surface area contributed by atoms with Gasteiger partial charge in [0.05, 0.1) is 6.61 Å². The molecular formula is C12H14ClNO3. The number of halogens is 1. The lowest BCUT2D eigenvalue weighted by atomic mass is 10.2. The lowest BCUT2D eigenvalue weighted by Gasteiger charge is -2.16. The largest absolute Gasteiger partial charge is 0.466 e. The maximum atomic E-state index is 11.7. The Morgan fingerprint density at radius 3 is 2.41 bits per heavy atom. The first-order valence-corrected chi connectivity index (χ1v) is 5.60. The van der Waals surface area contributed by atoms with Gasteiger partial charge >= 0.3 is 5.97 Å². The Balaban J connectivity index is 2.63. The number of hydrogen-bond donors (Lipinski definition) is 0. The molecule has 0 atom stereocenters. The lowest BCUT2D eigenvalue weighted by Crippen LogP contribution is -2.28. The molecule has 0 heterocycles. The van der Waals surface area contributed by atoms with Gasteiger partial charge in [-0.05, 0) is 31.2 Å². The Morgan fingerprint density at radius 1 is 1.29 bits per heavy atom. The zero-order valence-electron chi connectivity index (χ0n) is 9.77. The minimum atomic E-state index is -0.515. The number of carbonyl (C=O) groups is 2. The average molecular weight is 256 g/mol. The van der Waals surface area contributed by atoms with Gasteiger partial charge in [0.15, 0.2) is 0 Å². The van der Waals surface area contributed by atoms with Gasteiger partial charge in [0, 0.05) is 17.8 Å². The molecule has 0 bridgehead atoms. The van der Waals surface area contributed by atoms with Crippen LogP contribution in [0.25, 0.3) is 0 Å². The molecule has 17 heavy (non-hydrogen) atoms. The second kappa shape index (κ2) is 6.25. The number of carbonyl (C=O) groups excluding carboxylic acids is 2. The molecule has 0 aliphatic carbocycles. The summed E-state index contributed by atoms with van der Waals surface area (Å²) in [6.45, 7) is 1.97. The first-order valence-electron chi connectivity index (χ1n) is 5.22. The maximum Gasteiger partial charge on any atom is 0.315 e. The highest BCUT2D eigenvalue weighted by Gasteiger charge is 2.15. The number of nitrogens with zero attached hydrogens (tertiary/aromatic N) is 1. The van der Waals surface area contributed by atoms with Crippen LogP contribution in [0.15, 0.2) is 24.3 Å². The summed E-state index contributed by atoms with van der Waals surface area (Å²) in [6.07, 6.45) is -0.257. The van der Waals surface area contributed by atoms with E-state index in [1.807, 2.05) is 0 Å². The molecule has 5 heteroatoms. The van der Waals surface area contributed by atoms with Gasteiger partial charge in [0.25, 0.3) is 0 Å². The molecular weight excluding hydrogens is 242 g/mol. The van der Waals surface area contributed by atoms with Crippen molar-refractivity contribution in [2.24, 2.45) is 0 Å². The fourth-order valence-electron chi connectivity index (χ4n) is 1.26. The Bertz CT molecular complexity index is 403. The smallest absolute Gasteiger partial charge is 0.315 e. The third kappa shape index (κ3) is 4.07. The van der Waals surface area contributed by atoms with E-state index in [4.69, 9.17) is 16.3 Å². The second-order valence-corrected chi connectivity index (χ2v) is 3.85. The van der Waals surface area contributed by atoms with Crippen LogP contribution < -0.4 is 4.90 Å². The van der Waals surface area contributed by atoms with E-state index < -0.39 is 5.97 Å². The second-order valence-electron chi connectivity index (χ2n) is 3.41. The minimum absolute atomic E-state index is 0.257. The highest BCUT2D eigenvalue weighted by molar-refractivity contribution is 6.30. The Hall–Kier alpha value is -1.55. The molecule has 0 aliphatic heterocycles. The molecule has 0 aromatic heterocycles. The highest BCUT2D eigenvalue weighted by Crippen LogP contribution is 2.17. The van der Waals surface area contributed by atoms with Crippen LogP contribution in [0.5, 0.6) is 0 Å². The van der Waals surface area contributed by atoms with Crippen LogP contribution in [0.4, 0.5) is 5.69 Å². The predicted molar refractivity (Wildman–Crippen MR) is 66.1 cm³/mol. The number of rotatable bonds is 4. The number of benzene rings is 1. The van der Waals surface area contributed by atoms with Crippen LogP contribution in [-0.4, -0.2) is 25.5 Å². The molecule has 92 valence electrons. The van der Waals surface area contributed by atoms with Crippen LogP contribution in [0.2, 0.25) is 5.02 Å². The Labute approximate surface area is 105 Å². The first-order chi connectivity index (χ1) is 8.04. The fraction of sp³-hybridized carbons (Fsp3) is 0.333. The molecule has 0 aliphatic rings. The summed E-state index contributed by atoms with van der Waals surface area (Å²) in [4.78, 5) is 24.3. The van der Waals surface area contributed by atoms with Crippen LogP contribution in [-0.2, 0) is 14.3 Å². The van der Waals surface area contributed by atoms with Gasteiger partial charge in [-0.1, -0.05) is 11.6 Å². The summed E-state index contributed by atoms with van der Waals surface area (Å²) < 4.78 is 4.71. The zero-order valence-corrected chi connectivity index (χ0v) is 10.5. The molecule has 1 aromatic rings. The molecule has 1 aromatic carbocycles. The average Bonchev–Trinajstić information content (AvgIpc) is 2.29. The minimum Gasteiger partial charge on any atom is -0.466 e. The van der Waals surface area contributed by atoms with Crippen LogP contribution in [0, 0.1) is 0 Å². The van der Waals surface area contributed by atoms with Gasteiger partial charge in [0.2, 0.25) is 5.91 Å². The topological polar surface area (TPSA) is 46.6 Å². The van der Waals surface area contributed by atoms with Crippen molar-refractivity contribution >= 4 is 29.2 Å². The number of amides is 1. The number of esters is 1. The van der Waals surface area contributed by atoms with Crippen molar-refractivity contribution in [3.05, 3.63) is 29.3 Å². The normalized spacial score (nSPS) is 9.82. The van der Waals surface area contributed by atoms with Gasteiger partial charge in [-0.2, -0.15) is 0 Å². The maximum absolute atomic E-state index is 11.7. The van der Waals surface area contributed by atoms with Crippen molar-refractivity contribution in [2.45, 2.75) is 13.3 Å². The molecule has 4 nitrogen and oxygen atoms in total. The van der Waals surface area contributed by atoms with E-state index in [-0.39, 0.29) is 18.9 Å². The number of ether oxygens (including phenoxy) is 1. The van der Waals surface area contributed by atoms with Gasteiger partial charge in [-0.15, -0.1) is 0 Å². The van der Waals surface area contributed by atoms with Gasteiger partial charge in [-0.25, -0.2) is 0 Å². The van der Waals surface area contributed by atoms with E-state index in [1.54, 1.807) is 38.2 Å². The van der Waals surface area contributed by atoms with E-state index in [0.717, 1.165) is 0 Å². The summed E-state index contributed by atoms with van der Waals surface area (Å²) in [5, 5.41) is 0.597. The van der Waals surface area contributed by atoms with Crippen molar-refractivity contribution in [3.63, 3.8) is 0 Å². The molecule has 0 radical (unpaired) electrons. The molecule has 1 amide bonds. The number of anilines is 1. The van der Waals surface area contributed by atoms with Crippen LogP contribution in [0.3, 0.4) is 0 Å². The predicted octanol–water partition coefficient (Wildman–Crippen LogP) is 2.26. The fourth-order valence-corrected chi connectivity index (χ4v) is 1.39. The van der Waals surface area contributed by atoms with Crippen molar-refractivity contribution < 1.29 is 14.3 Å². The zero-order chi connectivity index (χ0) is 12.8. The van der Waals surface area contributed by atoms with Gasteiger partial charge < -0.3 is 9.64 Å². The van der Waals surface area contributed by atoms with Crippen LogP contribution >= 0.6 is 11.6 Å². The van der Waals surface area contributed by atoms with E-state index in [0.29, 0.717) is 10.7 Å². The van der Waals surface area contributed by atoms with E-state index in [2.05, 4.69) is 0 Å². The number of hydrogen-bond acceptors (Lipinski definition) is 3. The summed E-state index contributed by atoms with van der Waals surface area (Å²) in [7, 11) is 1.60. The molecule has 0 spiro atoms. The molecule has 1 rings (SSSR count). The molecule has 0 saturated carbocycles. The first kappa shape index (κ1) is 13.5. The van der Waals surface area contributed by atoms with Gasteiger partial charge in [-0.3, -0.25) is 9.59 Å². The summed E-state index contributed by atoms with van der Waals surface area (Å²) in [6, 6.07) is 6.80. The highest BCUT2D eigenvalue weighted by atomic mass is 35.5. The molecule has 0 saturated heterocycles. The summed E-state index contributed by atoms with van der Waals surface area (Å²) in [5.74, 6) is -0.830. The van der Waals surface area contributed by atoms with E-state index in [9.17, 15) is 9.59 Å². The third-order valence-electron chi connectivity index (χ3n) is 2.19. The lowest BCUT2D eigenvalue weighted by molar-refractivity contribution is -0.145. The van der Waals surface area contributed by atoms with Crippen molar-refractivity contribution in [1.29, 1.82) is 0 Å². The molecule has 0 unspecified atom stereocenters. The van der Waals surface area contributed by atoms with Crippen molar-refractivity contribution in [1.82, 2.24) is 0 Å². The quantitative estimate of drug-likeness (QED) is 0.612. The summed E-state index contributed by atoms with van der Waals surface area (Å²) in [5.41, 5.74) is 0.684. The Morgan fingerprint density at radius 2 is 1.88 bits per heavy atom. The molecule has 0 N–H and O–H groups in total. The standard InChI is InChI=1S/C12H14ClNO3/c1-3-17-12(16)8-11(15)14(2)10-6-4-9(13)5-7-10/h4-7H,3,8H2,1-2H3. The third-order valence-corrected chi connectivity index (χ3v) is 2.44. The molecule has 0 fully saturated rings. The van der Waals surface area contributed by atoms with Crippen LogP contribution in [0.1, 0.15) is 13.3 Å². The van der Waals surface area contributed by atoms with E-state index in [1.165, 1.54) is 4.90 Å².